The lowest BCUT2D eigenvalue weighted by atomic mass is 10.2. The van der Waals surface area contributed by atoms with Gasteiger partial charge in [-0.25, -0.2) is 13.4 Å². The van der Waals surface area contributed by atoms with Crippen molar-refractivity contribution in [3.05, 3.63) is 24.0 Å². The lowest BCUT2D eigenvalue weighted by molar-refractivity contribution is 0.0658. The van der Waals surface area contributed by atoms with E-state index >= 15 is 0 Å². The third-order valence-corrected chi connectivity index (χ3v) is 6.83. The Labute approximate surface area is 149 Å². The summed E-state index contributed by atoms with van der Waals surface area (Å²) in [4.78, 5) is 23.0. The molecule has 0 bridgehead atoms. The topological polar surface area (TPSA) is 73.8 Å². The van der Waals surface area contributed by atoms with Gasteiger partial charge in [-0.05, 0) is 32.5 Å². The van der Waals surface area contributed by atoms with Crippen LogP contribution >= 0.6 is 0 Å². The van der Waals surface area contributed by atoms with Gasteiger partial charge in [-0.15, -0.1) is 0 Å². The van der Waals surface area contributed by atoms with Gasteiger partial charge in [0.2, 0.25) is 0 Å². The summed E-state index contributed by atoms with van der Waals surface area (Å²) in [6, 6.07) is 3.63. The summed E-state index contributed by atoms with van der Waals surface area (Å²) < 4.78 is 23.5. The van der Waals surface area contributed by atoms with Crippen molar-refractivity contribution in [3.8, 4) is 0 Å². The number of pyridine rings is 1. The average molecular weight is 366 g/mol. The highest BCUT2D eigenvalue weighted by atomic mass is 32.2. The molecule has 7 nitrogen and oxygen atoms in total. The molecule has 1 aromatic heterocycles. The number of amides is 1. The number of hydrogen-bond acceptors (Lipinski definition) is 6. The minimum atomic E-state index is -2.93. The molecular formula is C17H26N4O3S. The molecule has 2 saturated heterocycles. The van der Waals surface area contributed by atoms with E-state index in [9.17, 15) is 13.2 Å². The van der Waals surface area contributed by atoms with Crippen LogP contribution in [0.2, 0.25) is 0 Å². The van der Waals surface area contributed by atoms with Crippen molar-refractivity contribution in [1.29, 1.82) is 0 Å². The highest BCUT2D eigenvalue weighted by molar-refractivity contribution is 7.91. The molecule has 1 atom stereocenters. The summed E-state index contributed by atoms with van der Waals surface area (Å²) in [6.07, 6.45) is 2.34. The Kier molecular flexibility index (Phi) is 5.29. The van der Waals surface area contributed by atoms with Crippen LogP contribution in [0.5, 0.6) is 0 Å². The number of carbonyl (C=O) groups excluding carboxylic acids is 1. The minimum Gasteiger partial charge on any atom is -0.367 e. The third kappa shape index (κ3) is 4.12. The molecule has 3 heterocycles. The number of carbonyl (C=O) groups is 1. The van der Waals surface area contributed by atoms with Crippen molar-refractivity contribution in [2.24, 2.45) is 0 Å². The Morgan fingerprint density at radius 3 is 2.52 bits per heavy atom. The summed E-state index contributed by atoms with van der Waals surface area (Å²) in [5.41, 5.74) is 1.32. The second-order valence-corrected chi connectivity index (χ2v) is 9.07. The number of likely N-dealkylation sites (N-methyl/N-ethyl adjacent to an activating group) is 1. The lowest BCUT2D eigenvalue weighted by Crippen LogP contribution is -2.47. The molecule has 0 spiro atoms. The summed E-state index contributed by atoms with van der Waals surface area (Å²) in [5, 5.41) is 0. The van der Waals surface area contributed by atoms with Gasteiger partial charge in [0.1, 0.15) is 5.69 Å². The van der Waals surface area contributed by atoms with Crippen LogP contribution in [0.15, 0.2) is 18.3 Å². The molecule has 0 saturated carbocycles. The number of nitrogens with zero attached hydrogens (tertiary/aromatic N) is 4. The van der Waals surface area contributed by atoms with Gasteiger partial charge in [-0.3, -0.25) is 4.79 Å². The maximum absolute atomic E-state index is 12.6. The van der Waals surface area contributed by atoms with E-state index in [1.54, 1.807) is 12.3 Å². The van der Waals surface area contributed by atoms with Crippen molar-refractivity contribution in [3.63, 3.8) is 0 Å². The Hall–Kier alpha value is -1.67. The van der Waals surface area contributed by atoms with Crippen LogP contribution in [0.25, 0.3) is 0 Å². The molecule has 2 aliphatic heterocycles. The van der Waals surface area contributed by atoms with Crippen LogP contribution < -0.4 is 4.90 Å². The van der Waals surface area contributed by atoms with Gasteiger partial charge >= 0.3 is 0 Å². The number of aromatic nitrogens is 1. The van der Waals surface area contributed by atoms with Crippen LogP contribution in [-0.4, -0.2) is 86.4 Å². The van der Waals surface area contributed by atoms with E-state index in [4.69, 9.17) is 0 Å². The number of rotatable bonds is 4. The number of piperazine rings is 1. The zero-order valence-electron chi connectivity index (χ0n) is 14.9. The van der Waals surface area contributed by atoms with Crippen molar-refractivity contribution in [2.45, 2.75) is 19.4 Å². The van der Waals surface area contributed by atoms with E-state index < -0.39 is 9.84 Å². The second-order valence-electron chi connectivity index (χ2n) is 6.84. The Bertz CT molecular complexity index is 712. The molecule has 0 aromatic carbocycles. The van der Waals surface area contributed by atoms with Crippen LogP contribution in [0.3, 0.4) is 0 Å². The molecular weight excluding hydrogens is 340 g/mol. The molecule has 1 unspecified atom stereocenters. The number of anilines is 1. The minimum absolute atomic E-state index is 0.00372. The molecule has 0 aliphatic carbocycles. The van der Waals surface area contributed by atoms with Gasteiger partial charge in [0, 0.05) is 38.8 Å². The van der Waals surface area contributed by atoms with E-state index in [-0.39, 0.29) is 23.5 Å². The molecule has 25 heavy (non-hydrogen) atoms. The molecule has 0 radical (unpaired) electrons. The van der Waals surface area contributed by atoms with Gasteiger partial charge < -0.3 is 14.7 Å². The smallest absolute Gasteiger partial charge is 0.272 e. The summed E-state index contributed by atoms with van der Waals surface area (Å²) in [7, 11) is -0.873. The zero-order chi connectivity index (χ0) is 18.0. The highest BCUT2D eigenvalue weighted by Gasteiger charge is 2.32. The van der Waals surface area contributed by atoms with Crippen molar-refractivity contribution < 1.29 is 13.2 Å². The zero-order valence-corrected chi connectivity index (χ0v) is 15.7. The van der Waals surface area contributed by atoms with Gasteiger partial charge in [-0.2, -0.15) is 0 Å². The van der Waals surface area contributed by atoms with E-state index in [1.807, 2.05) is 17.9 Å². The Morgan fingerprint density at radius 1 is 1.28 bits per heavy atom. The number of sulfone groups is 1. The monoisotopic (exact) mass is 366 g/mol. The molecule has 2 fully saturated rings. The van der Waals surface area contributed by atoms with E-state index in [2.05, 4.69) is 21.8 Å². The first-order valence-corrected chi connectivity index (χ1v) is 10.6. The molecule has 0 N–H and O–H groups in total. The fourth-order valence-corrected chi connectivity index (χ4v) is 5.26. The van der Waals surface area contributed by atoms with Crippen LogP contribution in [0.4, 0.5) is 5.69 Å². The maximum Gasteiger partial charge on any atom is 0.272 e. The molecule has 1 amide bonds. The molecule has 3 rings (SSSR count). The molecule has 8 heteroatoms. The van der Waals surface area contributed by atoms with Crippen molar-refractivity contribution in [1.82, 2.24) is 14.8 Å². The first-order chi connectivity index (χ1) is 11.9. The predicted molar refractivity (Wildman–Crippen MR) is 97.7 cm³/mol. The third-order valence-electron chi connectivity index (χ3n) is 5.08. The fraction of sp³-hybridized carbons (Fsp3) is 0.647. The van der Waals surface area contributed by atoms with E-state index in [0.29, 0.717) is 18.7 Å². The molecule has 2 aliphatic rings. The summed E-state index contributed by atoms with van der Waals surface area (Å²) >= 11 is 0. The van der Waals surface area contributed by atoms with Crippen LogP contribution in [-0.2, 0) is 9.84 Å². The van der Waals surface area contributed by atoms with E-state index in [1.165, 1.54) is 0 Å². The largest absolute Gasteiger partial charge is 0.367 e. The van der Waals surface area contributed by atoms with Gasteiger partial charge in [-0.1, -0.05) is 0 Å². The van der Waals surface area contributed by atoms with Gasteiger partial charge in [0.05, 0.1) is 23.4 Å². The SMILES string of the molecule is CCN(c1ccc(C(=O)N2CCN(C)CC2)nc1)C1CCS(=O)(=O)C1. The van der Waals surface area contributed by atoms with E-state index in [0.717, 1.165) is 31.9 Å². The van der Waals surface area contributed by atoms with Gasteiger partial charge in [0.15, 0.2) is 9.84 Å². The fourth-order valence-electron chi connectivity index (χ4n) is 3.53. The Balaban J connectivity index is 1.69. The van der Waals surface area contributed by atoms with Crippen LogP contribution in [0, 0.1) is 0 Å². The molecule has 1 aromatic rings. The quantitative estimate of drug-likeness (QED) is 0.772. The average Bonchev–Trinajstić information content (AvgIpc) is 2.96. The first kappa shape index (κ1) is 18.1. The predicted octanol–water partition coefficient (Wildman–Crippen LogP) is 0.483. The first-order valence-electron chi connectivity index (χ1n) is 8.80. The summed E-state index contributed by atoms with van der Waals surface area (Å²) in [6.45, 7) is 5.93. The lowest BCUT2D eigenvalue weighted by Gasteiger charge is -2.32. The van der Waals surface area contributed by atoms with Crippen molar-refractivity contribution >= 4 is 21.4 Å². The highest BCUT2D eigenvalue weighted by Crippen LogP contribution is 2.24. The normalized spacial score (nSPS) is 23.6. The van der Waals surface area contributed by atoms with Crippen molar-refractivity contribution in [2.75, 3.05) is 56.2 Å². The molecule has 138 valence electrons. The maximum atomic E-state index is 12.6. The van der Waals surface area contributed by atoms with Crippen LogP contribution in [0.1, 0.15) is 23.8 Å². The second kappa shape index (κ2) is 7.29. The number of hydrogen-bond donors (Lipinski definition) is 0. The summed E-state index contributed by atoms with van der Waals surface area (Å²) in [5.74, 6) is 0.413. The Morgan fingerprint density at radius 2 is 2.00 bits per heavy atom. The standard InChI is InChI=1S/C17H26N4O3S/c1-3-21(15-6-11-25(23,24)13-15)14-4-5-16(18-12-14)17(22)20-9-7-19(2)8-10-20/h4-5,12,15H,3,6-11,13H2,1-2H3. The van der Waals surface area contributed by atoms with Gasteiger partial charge in [0.25, 0.3) is 5.91 Å².